The molecule has 1 amide bonds. The van der Waals surface area contributed by atoms with Crippen LogP contribution >= 0.6 is 0 Å². The summed E-state index contributed by atoms with van der Waals surface area (Å²) in [6.07, 6.45) is 0.618. The Kier molecular flexibility index (Phi) is 4.39. The van der Waals surface area contributed by atoms with Crippen LogP contribution in [0.25, 0.3) is 10.4 Å². The third kappa shape index (κ3) is 3.42. The second kappa shape index (κ2) is 5.58. The van der Waals surface area contributed by atoms with E-state index >= 15 is 0 Å². The number of likely N-dealkylation sites (tertiary alicyclic amines) is 1. The van der Waals surface area contributed by atoms with E-state index in [1.165, 1.54) is 0 Å². The van der Waals surface area contributed by atoms with Crippen LogP contribution in [-0.4, -0.2) is 41.7 Å². The quantitative estimate of drug-likeness (QED) is 0.417. The lowest BCUT2D eigenvalue weighted by molar-refractivity contribution is -0.128. The number of aliphatic hydroxyl groups is 1. The van der Waals surface area contributed by atoms with Crippen molar-refractivity contribution >= 4 is 5.91 Å². The molecule has 0 aromatic rings. The topological polar surface area (TPSA) is 89.3 Å². The first-order chi connectivity index (χ1) is 7.17. The minimum absolute atomic E-state index is 0.0423. The van der Waals surface area contributed by atoms with E-state index in [4.69, 9.17) is 5.53 Å². The Hall–Kier alpha value is -1.26. The van der Waals surface area contributed by atoms with Crippen LogP contribution in [0.5, 0.6) is 0 Å². The average Bonchev–Trinajstić information content (AvgIpc) is 2.56. The summed E-state index contributed by atoms with van der Waals surface area (Å²) in [6.45, 7) is 3.22. The fraction of sp³-hybridized carbons (Fsp3) is 0.889. The van der Waals surface area contributed by atoms with Crippen molar-refractivity contribution in [2.75, 3.05) is 19.6 Å². The van der Waals surface area contributed by atoms with E-state index in [1.807, 2.05) is 6.92 Å². The predicted molar refractivity (Wildman–Crippen MR) is 55.0 cm³/mol. The number of nitrogens with zero attached hydrogens (tertiary/aromatic N) is 4. The zero-order valence-electron chi connectivity index (χ0n) is 8.83. The van der Waals surface area contributed by atoms with Gasteiger partial charge in [0, 0.05) is 31.0 Å². The van der Waals surface area contributed by atoms with E-state index in [2.05, 4.69) is 10.0 Å². The molecule has 1 aliphatic rings. The Morgan fingerprint density at radius 3 is 3.13 bits per heavy atom. The highest BCUT2D eigenvalue weighted by atomic mass is 16.3. The molecule has 2 unspecified atom stereocenters. The van der Waals surface area contributed by atoms with Gasteiger partial charge in [0.25, 0.3) is 0 Å². The van der Waals surface area contributed by atoms with Crippen molar-refractivity contribution in [1.82, 2.24) is 4.90 Å². The van der Waals surface area contributed by atoms with E-state index < -0.39 is 6.10 Å². The fourth-order valence-electron chi connectivity index (χ4n) is 1.69. The summed E-state index contributed by atoms with van der Waals surface area (Å²) in [5.74, 6) is 0.151. The van der Waals surface area contributed by atoms with Crippen LogP contribution in [0.15, 0.2) is 5.11 Å². The maximum atomic E-state index is 11.5. The van der Waals surface area contributed by atoms with Crippen LogP contribution in [0.1, 0.15) is 19.8 Å². The molecule has 1 rings (SSSR count). The summed E-state index contributed by atoms with van der Waals surface area (Å²) < 4.78 is 0. The van der Waals surface area contributed by atoms with Crippen LogP contribution in [-0.2, 0) is 4.79 Å². The average molecular weight is 212 g/mol. The Labute approximate surface area is 88.5 Å². The standard InChI is InChI=1S/C9H16N4O2/c1-2-8(14)6-13-5-7(3-9(13)15)4-11-12-10/h7-8,14H,2-6H2,1H3. The molecule has 0 aromatic heterocycles. The van der Waals surface area contributed by atoms with E-state index in [0.29, 0.717) is 32.5 Å². The first-order valence-electron chi connectivity index (χ1n) is 5.14. The maximum Gasteiger partial charge on any atom is 0.223 e. The summed E-state index contributed by atoms with van der Waals surface area (Å²) in [7, 11) is 0. The van der Waals surface area contributed by atoms with Crippen molar-refractivity contribution < 1.29 is 9.90 Å². The Morgan fingerprint density at radius 2 is 2.53 bits per heavy atom. The number of amides is 1. The van der Waals surface area contributed by atoms with Crippen LogP contribution in [0.3, 0.4) is 0 Å². The van der Waals surface area contributed by atoms with Crippen molar-refractivity contribution in [3.63, 3.8) is 0 Å². The molecule has 6 heteroatoms. The Balaban J connectivity index is 2.42. The molecule has 1 heterocycles. The molecule has 0 aromatic carbocycles. The van der Waals surface area contributed by atoms with Gasteiger partial charge in [-0.15, -0.1) is 0 Å². The molecule has 0 spiro atoms. The van der Waals surface area contributed by atoms with Gasteiger partial charge in [0.15, 0.2) is 0 Å². The molecule has 2 atom stereocenters. The van der Waals surface area contributed by atoms with Gasteiger partial charge in [-0.3, -0.25) is 4.79 Å². The molecule has 84 valence electrons. The number of hydrogen-bond donors (Lipinski definition) is 1. The molecule has 15 heavy (non-hydrogen) atoms. The monoisotopic (exact) mass is 212 g/mol. The minimum Gasteiger partial charge on any atom is -0.391 e. The van der Waals surface area contributed by atoms with Gasteiger partial charge in [0.1, 0.15) is 0 Å². The van der Waals surface area contributed by atoms with Gasteiger partial charge < -0.3 is 10.0 Å². The number of rotatable bonds is 5. The van der Waals surface area contributed by atoms with Crippen LogP contribution in [0.4, 0.5) is 0 Å². The SMILES string of the molecule is CCC(O)CN1CC(CN=[N+]=[N-])CC1=O. The molecule has 1 fully saturated rings. The van der Waals surface area contributed by atoms with Gasteiger partial charge in [-0.05, 0) is 17.9 Å². The molecule has 0 saturated carbocycles. The second-order valence-corrected chi connectivity index (χ2v) is 3.84. The third-order valence-corrected chi connectivity index (χ3v) is 2.60. The number of carbonyl (C=O) groups is 1. The molecular weight excluding hydrogens is 196 g/mol. The molecular formula is C9H16N4O2. The summed E-state index contributed by atoms with van der Waals surface area (Å²) >= 11 is 0. The van der Waals surface area contributed by atoms with Gasteiger partial charge in [-0.1, -0.05) is 12.0 Å². The second-order valence-electron chi connectivity index (χ2n) is 3.84. The Morgan fingerprint density at radius 1 is 1.80 bits per heavy atom. The van der Waals surface area contributed by atoms with Gasteiger partial charge in [-0.2, -0.15) is 0 Å². The number of aliphatic hydroxyl groups excluding tert-OH is 1. The smallest absolute Gasteiger partial charge is 0.223 e. The van der Waals surface area contributed by atoms with Gasteiger partial charge in [0.05, 0.1) is 6.10 Å². The number of carbonyl (C=O) groups excluding carboxylic acids is 1. The highest BCUT2D eigenvalue weighted by molar-refractivity contribution is 5.78. The van der Waals surface area contributed by atoms with Crippen molar-refractivity contribution in [1.29, 1.82) is 0 Å². The number of hydrogen-bond acceptors (Lipinski definition) is 3. The van der Waals surface area contributed by atoms with Gasteiger partial charge in [-0.25, -0.2) is 0 Å². The fourth-order valence-corrected chi connectivity index (χ4v) is 1.69. The first-order valence-corrected chi connectivity index (χ1v) is 5.14. The third-order valence-electron chi connectivity index (χ3n) is 2.60. The lowest BCUT2D eigenvalue weighted by Crippen LogP contribution is -2.33. The normalized spacial score (nSPS) is 22.7. The summed E-state index contributed by atoms with van der Waals surface area (Å²) in [4.78, 5) is 15.8. The zero-order valence-corrected chi connectivity index (χ0v) is 8.83. The van der Waals surface area contributed by atoms with Crippen LogP contribution in [0.2, 0.25) is 0 Å². The van der Waals surface area contributed by atoms with E-state index in [0.717, 1.165) is 0 Å². The Bertz CT molecular complexity index is 275. The van der Waals surface area contributed by atoms with Crippen molar-refractivity contribution in [2.45, 2.75) is 25.9 Å². The van der Waals surface area contributed by atoms with Crippen molar-refractivity contribution in [2.24, 2.45) is 11.0 Å². The van der Waals surface area contributed by atoms with Crippen LogP contribution < -0.4 is 0 Å². The molecule has 6 nitrogen and oxygen atoms in total. The largest absolute Gasteiger partial charge is 0.391 e. The number of azide groups is 1. The minimum atomic E-state index is -0.452. The van der Waals surface area contributed by atoms with Crippen molar-refractivity contribution in [3.05, 3.63) is 10.4 Å². The first kappa shape index (κ1) is 11.8. The molecule has 1 N–H and O–H groups in total. The highest BCUT2D eigenvalue weighted by Crippen LogP contribution is 2.18. The predicted octanol–water partition coefficient (Wildman–Crippen LogP) is 0.916. The summed E-state index contributed by atoms with van der Waals surface area (Å²) in [6, 6.07) is 0. The zero-order chi connectivity index (χ0) is 11.3. The molecule has 0 bridgehead atoms. The summed E-state index contributed by atoms with van der Waals surface area (Å²) in [5, 5.41) is 12.9. The van der Waals surface area contributed by atoms with Gasteiger partial charge >= 0.3 is 0 Å². The lowest BCUT2D eigenvalue weighted by Gasteiger charge is -2.19. The van der Waals surface area contributed by atoms with Crippen molar-refractivity contribution in [3.8, 4) is 0 Å². The lowest BCUT2D eigenvalue weighted by atomic mass is 10.1. The highest BCUT2D eigenvalue weighted by Gasteiger charge is 2.29. The van der Waals surface area contributed by atoms with Crippen LogP contribution in [0, 0.1) is 5.92 Å². The molecule has 1 aliphatic heterocycles. The maximum absolute atomic E-state index is 11.5. The molecule has 1 saturated heterocycles. The number of β-amino-alcohol motifs (C(OH)–C–C–N with tert-alkyl or cyclic N) is 1. The van der Waals surface area contributed by atoms with E-state index in [-0.39, 0.29) is 11.8 Å². The van der Waals surface area contributed by atoms with Gasteiger partial charge in [0.2, 0.25) is 5.91 Å². The molecule has 0 aliphatic carbocycles. The van der Waals surface area contributed by atoms with E-state index in [1.54, 1.807) is 4.90 Å². The van der Waals surface area contributed by atoms with E-state index in [9.17, 15) is 9.90 Å². The molecule has 0 radical (unpaired) electrons. The summed E-state index contributed by atoms with van der Waals surface area (Å²) in [5.41, 5.74) is 8.16.